The Labute approximate surface area is 69.0 Å². The van der Waals surface area contributed by atoms with Gasteiger partial charge < -0.3 is 10.4 Å². The predicted octanol–water partition coefficient (Wildman–Crippen LogP) is 1.15. The minimum absolute atomic E-state index is 0.203. The lowest BCUT2D eigenvalue weighted by Gasteiger charge is -2.13. The van der Waals surface area contributed by atoms with Crippen LogP contribution in [0.25, 0.3) is 0 Å². The summed E-state index contributed by atoms with van der Waals surface area (Å²) in [6.07, 6.45) is 3.71. The topological polar surface area (TPSA) is 32.3 Å². The fraction of sp³-hybridized carbons (Fsp3) is 1.00. The Morgan fingerprint density at radius 1 is 1.55 bits per heavy atom. The van der Waals surface area contributed by atoms with Crippen molar-refractivity contribution in [2.75, 3.05) is 6.54 Å². The van der Waals surface area contributed by atoms with Crippen molar-refractivity contribution in [3.63, 3.8) is 0 Å². The molecule has 0 heterocycles. The van der Waals surface area contributed by atoms with Crippen molar-refractivity contribution in [3.05, 3.63) is 0 Å². The first-order chi connectivity index (χ1) is 5.18. The molecular formula is C9H19NO. The van der Waals surface area contributed by atoms with Gasteiger partial charge in [-0.1, -0.05) is 6.92 Å². The molecule has 1 aliphatic carbocycles. The summed E-state index contributed by atoms with van der Waals surface area (Å²) in [5.41, 5.74) is 0. The fourth-order valence-corrected chi connectivity index (χ4v) is 1.73. The van der Waals surface area contributed by atoms with Gasteiger partial charge in [0.25, 0.3) is 0 Å². The van der Waals surface area contributed by atoms with E-state index in [1.54, 1.807) is 0 Å². The first-order valence-electron chi connectivity index (χ1n) is 4.60. The van der Waals surface area contributed by atoms with Crippen molar-refractivity contribution in [2.24, 2.45) is 5.92 Å². The van der Waals surface area contributed by atoms with Gasteiger partial charge in [-0.15, -0.1) is 0 Å². The van der Waals surface area contributed by atoms with Gasteiger partial charge in [-0.3, -0.25) is 0 Å². The number of nitrogens with one attached hydrogen (secondary N) is 1. The standard InChI is InChI=1S/C9H19NO/c1-7-3-4-9(5-7)10-6-8(2)11/h7-11H,3-6H2,1-2H3/t7-,8+,9-/m0/s1. The van der Waals surface area contributed by atoms with E-state index in [9.17, 15) is 0 Å². The molecule has 0 unspecified atom stereocenters. The highest BCUT2D eigenvalue weighted by Crippen LogP contribution is 2.24. The van der Waals surface area contributed by atoms with Gasteiger partial charge in [0, 0.05) is 12.6 Å². The Hall–Kier alpha value is -0.0800. The van der Waals surface area contributed by atoms with E-state index in [2.05, 4.69) is 12.2 Å². The SMILES string of the molecule is C[C@H]1CC[C@H](NC[C@@H](C)O)C1. The van der Waals surface area contributed by atoms with Crippen LogP contribution in [-0.2, 0) is 0 Å². The molecule has 2 heteroatoms. The summed E-state index contributed by atoms with van der Waals surface area (Å²) >= 11 is 0. The smallest absolute Gasteiger partial charge is 0.0636 e. The quantitative estimate of drug-likeness (QED) is 0.644. The maximum Gasteiger partial charge on any atom is 0.0636 e. The molecule has 2 nitrogen and oxygen atoms in total. The zero-order valence-electron chi connectivity index (χ0n) is 7.51. The zero-order valence-corrected chi connectivity index (χ0v) is 7.51. The van der Waals surface area contributed by atoms with Crippen molar-refractivity contribution in [2.45, 2.75) is 45.3 Å². The van der Waals surface area contributed by atoms with E-state index < -0.39 is 0 Å². The van der Waals surface area contributed by atoms with Crippen molar-refractivity contribution in [1.29, 1.82) is 0 Å². The van der Waals surface area contributed by atoms with Crippen LogP contribution >= 0.6 is 0 Å². The summed E-state index contributed by atoms with van der Waals surface area (Å²) in [6, 6.07) is 0.666. The first-order valence-corrected chi connectivity index (χ1v) is 4.60. The molecule has 1 fully saturated rings. The highest BCUT2D eigenvalue weighted by molar-refractivity contribution is 4.78. The fourth-order valence-electron chi connectivity index (χ4n) is 1.73. The van der Waals surface area contributed by atoms with E-state index in [-0.39, 0.29) is 6.10 Å². The summed E-state index contributed by atoms with van der Waals surface area (Å²) in [5.74, 6) is 0.876. The molecule has 3 atom stereocenters. The maximum atomic E-state index is 9.02. The third kappa shape index (κ3) is 3.21. The number of hydrogen-bond acceptors (Lipinski definition) is 2. The third-order valence-electron chi connectivity index (χ3n) is 2.40. The lowest BCUT2D eigenvalue weighted by molar-refractivity contribution is 0.186. The van der Waals surface area contributed by atoms with Crippen molar-refractivity contribution in [3.8, 4) is 0 Å². The molecular weight excluding hydrogens is 138 g/mol. The summed E-state index contributed by atoms with van der Waals surface area (Å²) in [5, 5.41) is 12.4. The van der Waals surface area contributed by atoms with Crippen molar-refractivity contribution >= 4 is 0 Å². The van der Waals surface area contributed by atoms with E-state index >= 15 is 0 Å². The highest BCUT2D eigenvalue weighted by Gasteiger charge is 2.20. The molecule has 0 amide bonds. The number of rotatable bonds is 3. The Balaban J connectivity index is 2.08. The molecule has 0 aromatic carbocycles. The molecule has 1 rings (SSSR count). The Morgan fingerprint density at radius 3 is 2.73 bits per heavy atom. The van der Waals surface area contributed by atoms with Crippen LogP contribution in [-0.4, -0.2) is 23.8 Å². The normalized spacial score (nSPS) is 34.1. The van der Waals surface area contributed by atoms with E-state index in [0.717, 1.165) is 12.5 Å². The van der Waals surface area contributed by atoms with Gasteiger partial charge >= 0.3 is 0 Å². The molecule has 0 saturated heterocycles. The molecule has 11 heavy (non-hydrogen) atoms. The Kier molecular flexibility index (Phi) is 3.34. The van der Waals surface area contributed by atoms with Crippen LogP contribution in [0.15, 0.2) is 0 Å². The minimum atomic E-state index is -0.203. The average molecular weight is 157 g/mol. The molecule has 0 radical (unpaired) electrons. The van der Waals surface area contributed by atoms with E-state index in [1.807, 2.05) is 6.92 Å². The van der Waals surface area contributed by atoms with Gasteiger partial charge in [0.05, 0.1) is 6.10 Å². The Morgan fingerprint density at radius 2 is 2.27 bits per heavy atom. The van der Waals surface area contributed by atoms with Crippen LogP contribution in [0.4, 0.5) is 0 Å². The van der Waals surface area contributed by atoms with Gasteiger partial charge in [-0.25, -0.2) is 0 Å². The summed E-state index contributed by atoms with van der Waals surface area (Å²) in [7, 11) is 0. The van der Waals surface area contributed by atoms with Crippen LogP contribution in [0.5, 0.6) is 0 Å². The first kappa shape index (κ1) is 9.01. The summed E-state index contributed by atoms with van der Waals surface area (Å²) in [6.45, 7) is 4.87. The molecule has 0 aromatic rings. The molecule has 0 aromatic heterocycles. The van der Waals surface area contributed by atoms with Crippen LogP contribution in [0.1, 0.15) is 33.1 Å². The molecule has 0 spiro atoms. The van der Waals surface area contributed by atoms with Crippen molar-refractivity contribution < 1.29 is 5.11 Å². The van der Waals surface area contributed by atoms with Crippen LogP contribution in [0, 0.1) is 5.92 Å². The van der Waals surface area contributed by atoms with E-state index in [1.165, 1.54) is 19.3 Å². The van der Waals surface area contributed by atoms with E-state index in [0.29, 0.717) is 6.04 Å². The van der Waals surface area contributed by atoms with Gasteiger partial charge in [0.2, 0.25) is 0 Å². The van der Waals surface area contributed by atoms with Crippen LogP contribution in [0.2, 0.25) is 0 Å². The third-order valence-corrected chi connectivity index (χ3v) is 2.40. The second-order valence-corrected chi connectivity index (χ2v) is 3.87. The lowest BCUT2D eigenvalue weighted by Crippen LogP contribution is -2.32. The molecule has 1 aliphatic rings. The molecule has 1 saturated carbocycles. The van der Waals surface area contributed by atoms with Crippen LogP contribution < -0.4 is 5.32 Å². The molecule has 0 bridgehead atoms. The van der Waals surface area contributed by atoms with Gasteiger partial charge in [-0.2, -0.15) is 0 Å². The summed E-state index contributed by atoms with van der Waals surface area (Å²) in [4.78, 5) is 0. The van der Waals surface area contributed by atoms with Crippen molar-refractivity contribution in [1.82, 2.24) is 5.32 Å². The lowest BCUT2D eigenvalue weighted by atomic mass is 10.1. The van der Waals surface area contributed by atoms with Gasteiger partial charge in [0.1, 0.15) is 0 Å². The van der Waals surface area contributed by atoms with Crippen LogP contribution in [0.3, 0.4) is 0 Å². The molecule has 66 valence electrons. The number of aliphatic hydroxyl groups excluding tert-OH is 1. The Bertz CT molecular complexity index is 114. The van der Waals surface area contributed by atoms with Gasteiger partial charge in [-0.05, 0) is 32.1 Å². The molecule has 2 N–H and O–H groups in total. The van der Waals surface area contributed by atoms with Gasteiger partial charge in [0.15, 0.2) is 0 Å². The largest absolute Gasteiger partial charge is 0.392 e. The zero-order chi connectivity index (χ0) is 8.27. The predicted molar refractivity (Wildman–Crippen MR) is 46.5 cm³/mol. The second kappa shape index (κ2) is 4.07. The highest BCUT2D eigenvalue weighted by atomic mass is 16.3. The maximum absolute atomic E-state index is 9.02. The monoisotopic (exact) mass is 157 g/mol. The average Bonchev–Trinajstić information content (AvgIpc) is 2.31. The summed E-state index contributed by atoms with van der Waals surface area (Å²) < 4.78 is 0. The second-order valence-electron chi connectivity index (χ2n) is 3.87. The minimum Gasteiger partial charge on any atom is -0.392 e. The number of aliphatic hydroxyl groups is 1. The van der Waals surface area contributed by atoms with E-state index in [4.69, 9.17) is 5.11 Å². The number of hydrogen-bond donors (Lipinski definition) is 2. The molecule has 0 aliphatic heterocycles.